The van der Waals surface area contributed by atoms with Crippen molar-refractivity contribution in [2.75, 3.05) is 31.7 Å². The maximum absolute atomic E-state index is 12.3. The average molecular weight is 421 g/mol. The first kappa shape index (κ1) is 19.5. The Kier molecular flexibility index (Phi) is 5.49. The molecule has 2 aliphatic rings. The van der Waals surface area contributed by atoms with Gasteiger partial charge in [0.15, 0.2) is 11.5 Å². The summed E-state index contributed by atoms with van der Waals surface area (Å²) in [6.45, 7) is 2.72. The number of nitrogens with one attached hydrogen (secondary N) is 1. The summed E-state index contributed by atoms with van der Waals surface area (Å²) >= 11 is 0. The number of carbonyl (C=O) groups excluding carboxylic acids is 1. The Hall–Kier alpha value is -3.46. The van der Waals surface area contributed by atoms with E-state index in [0.717, 1.165) is 25.9 Å². The summed E-state index contributed by atoms with van der Waals surface area (Å²) in [6.07, 6.45) is 4.00. The number of carbonyl (C=O) groups is 1. The van der Waals surface area contributed by atoms with Gasteiger partial charge in [-0.2, -0.15) is 4.98 Å². The summed E-state index contributed by atoms with van der Waals surface area (Å²) in [6, 6.07) is 11.0. The van der Waals surface area contributed by atoms with Crippen molar-refractivity contribution in [3.05, 3.63) is 48.5 Å². The number of pyridine rings is 1. The van der Waals surface area contributed by atoms with E-state index in [2.05, 4.69) is 25.3 Å². The molecule has 160 valence electrons. The van der Waals surface area contributed by atoms with Crippen molar-refractivity contribution in [1.82, 2.24) is 20.0 Å². The van der Waals surface area contributed by atoms with Crippen LogP contribution in [-0.4, -0.2) is 52.4 Å². The molecule has 3 aromatic rings. The summed E-state index contributed by atoms with van der Waals surface area (Å²) in [5.74, 6) is 2.78. The summed E-state index contributed by atoms with van der Waals surface area (Å²) in [5, 5.41) is 6.99. The lowest BCUT2D eigenvalue weighted by Gasteiger charge is -2.30. The highest BCUT2D eigenvalue weighted by Gasteiger charge is 2.26. The van der Waals surface area contributed by atoms with E-state index in [9.17, 15) is 4.79 Å². The molecule has 1 amide bonds. The van der Waals surface area contributed by atoms with E-state index in [4.69, 9.17) is 14.0 Å². The number of ether oxygens (including phenoxy) is 2. The van der Waals surface area contributed by atoms with Gasteiger partial charge in [-0.1, -0.05) is 11.2 Å². The number of amides is 1. The number of rotatable bonds is 6. The van der Waals surface area contributed by atoms with Crippen molar-refractivity contribution >= 4 is 11.6 Å². The van der Waals surface area contributed by atoms with Gasteiger partial charge in [-0.15, -0.1) is 0 Å². The highest BCUT2D eigenvalue weighted by atomic mass is 16.7. The Morgan fingerprint density at radius 1 is 1.13 bits per heavy atom. The SMILES string of the molecule is O=C(CCN1CCC(c2nc(-c3ccccn3)no2)CC1)Nc1ccc2c(c1)OCO2. The molecular weight excluding hydrogens is 398 g/mol. The van der Waals surface area contributed by atoms with Gasteiger partial charge < -0.3 is 24.2 Å². The van der Waals surface area contributed by atoms with Gasteiger partial charge in [-0.25, -0.2) is 0 Å². The number of hydrogen-bond donors (Lipinski definition) is 1. The molecular formula is C22H23N5O4. The van der Waals surface area contributed by atoms with Crippen molar-refractivity contribution < 1.29 is 18.8 Å². The van der Waals surface area contributed by atoms with E-state index in [-0.39, 0.29) is 18.6 Å². The molecule has 1 fully saturated rings. The number of likely N-dealkylation sites (tertiary alicyclic amines) is 1. The predicted molar refractivity (Wildman–Crippen MR) is 112 cm³/mol. The number of hydrogen-bond acceptors (Lipinski definition) is 8. The quantitative estimate of drug-likeness (QED) is 0.648. The van der Waals surface area contributed by atoms with Crippen LogP contribution in [0.4, 0.5) is 5.69 Å². The van der Waals surface area contributed by atoms with Gasteiger partial charge in [0, 0.05) is 36.8 Å². The summed E-state index contributed by atoms with van der Waals surface area (Å²) in [7, 11) is 0. The monoisotopic (exact) mass is 421 g/mol. The van der Waals surface area contributed by atoms with Crippen molar-refractivity contribution in [2.24, 2.45) is 0 Å². The van der Waals surface area contributed by atoms with Crippen LogP contribution in [0.5, 0.6) is 11.5 Å². The fourth-order valence-electron chi connectivity index (χ4n) is 3.86. The largest absolute Gasteiger partial charge is 0.454 e. The Labute approximate surface area is 179 Å². The zero-order valence-electron chi connectivity index (χ0n) is 17.0. The molecule has 9 heteroatoms. The van der Waals surface area contributed by atoms with Gasteiger partial charge >= 0.3 is 0 Å². The topological polar surface area (TPSA) is 103 Å². The number of nitrogens with zero attached hydrogens (tertiary/aromatic N) is 4. The summed E-state index contributed by atoms with van der Waals surface area (Å²) < 4.78 is 16.1. The fourth-order valence-corrected chi connectivity index (χ4v) is 3.86. The van der Waals surface area contributed by atoms with Crippen LogP contribution in [0.15, 0.2) is 47.1 Å². The van der Waals surface area contributed by atoms with E-state index in [1.807, 2.05) is 24.3 Å². The minimum Gasteiger partial charge on any atom is -0.454 e. The van der Waals surface area contributed by atoms with Gasteiger partial charge in [-0.3, -0.25) is 9.78 Å². The minimum absolute atomic E-state index is 0.0158. The normalized spacial score (nSPS) is 16.4. The molecule has 0 bridgehead atoms. The Morgan fingerprint density at radius 3 is 2.84 bits per heavy atom. The maximum Gasteiger partial charge on any atom is 0.231 e. The van der Waals surface area contributed by atoms with Gasteiger partial charge in [0.1, 0.15) is 5.69 Å². The molecule has 0 saturated carbocycles. The van der Waals surface area contributed by atoms with Gasteiger partial charge in [0.05, 0.1) is 0 Å². The standard InChI is InChI=1S/C22H23N5O4/c28-20(24-16-4-5-18-19(13-16)30-14-29-18)8-12-27-10-6-15(7-11-27)22-25-21(26-31-22)17-3-1-2-9-23-17/h1-5,9,13,15H,6-8,10-12,14H2,(H,24,28). The second kappa shape index (κ2) is 8.73. The Bertz CT molecular complexity index is 1050. The van der Waals surface area contributed by atoms with Crippen molar-refractivity contribution in [3.63, 3.8) is 0 Å². The van der Waals surface area contributed by atoms with Crippen molar-refractivity contribution in [1.29, 1.82) is 0 Å². The van der Waals surface area contributed by atoms with E-state index in [1.54, 1.807) is 18.3 Å². The van der Waals surface area contributed by atoms with Gasteiger partial charge in [0.2, 0.25) is 24.4 Å². The fraction of sp³-hybridized carbons (Fsp3) is 0.364. The van der Waals surface area contributed by atoms with Crippen LogP contribution in [0.2, 0.25) is 0 Å². The van der Waals surface area contributed by atoms with Crippen LogP contribution < -0.4 is 14.8 Å². The van der Waals surface area contributed by atoms with Crippen molar-refractivity contribution in [3.8, 4) is 23.0 Å². The number of anilines is 1. The molecule has 0 aliphatic carbocycles. The number of aromatic nitrogens is 3. The lowest BCUT2D eigenvalue weighted by molar-refractivity contribution is -0.116. The molecule has 31 heavy (non-hydrogen) atoms. The molecule has 1 N–H and O–H groups in total. The second-order valence-corrected chi connectivity index (χ2v) is 7.65. The average Bonchev–Trinajstić information content (AvgIpc) is 3.48. The molecule has 1 saturated heterocycles. The highest BCUT2D eigenvalue weighted by molar-refractivity contribution is 5.91. The van der Waals surface area contributed by atoms with Crippen LogP contribution in [0.3, 0.4) is 0 Å². The summed E-state index contributed by atoms with van der Waals surface area (Å²) in [4.78, 5) is 23.4. The molecule has 4 heterocycles. The molecule has 5 rings (SSSR count). The molecule has 0 spiro atoms. The first-order chi connectivity index (χ1) is 15.2. The molecule has 0 unspecified atom stereocenters. The highest BCUT2D eigenvalue weighted by Crippen LogP contribution is 2.34. The van der Waals surface area contributed by atoms with E-state index in [0.29, 0.717) is 47.6 Å². The third kappa shape index (κ3) is 4.51. The molecule has 9 nitrogen and oxygen atoms in total. The first-order valence-electron chi connectivity index (χ1n) is 10.4. The van der Waals surface area contributed by atoms with Gasteiger partial charge in [-0.05, 0) is 50.2 Å². The third-order valence-electron chi connectivity index (χ3n) is 5.58. The number of piperidine rings is 1. The first-order valence-corrected chi connectivity index (χ1v) is 10.4. The predicted octanol–water partition coefficient (Wildman–Crippen LogP) is 3.07. The van der Waals surface area contributed by atoms with Gasteiger partial charge in [0.25, 0.3) is 0 Å². The zero-order chi connectivity index (χ0) is 21.0. The number of fused-ring (bicyclic) bond motifs is 1. The minimum atomic E-state index is -0.0158. The van der Waals surface area contributed by atoms with Crippen LogP contribution >= 0.6 is 0 Å². The molecule has 0 atom stereocenters. The van der Waals surface area contributed by atoms with E-state index >= 15 is 0 Å². The lowest BCUT2D eigenvalue weighted by atomic mass is 9.96. The smallest absolute Gasteiger partial charge is 0.231 e. The van der Waals surface area contributed by atoms with Crippen LogP contribution in [0.1, 0.15) is 31.1 Å². The van der Waals surface area contributed by atoms with Crippen LogP contribution in [-0.2, 0) is 4.79 Å². The second-order valence-electron chi connectivity index (χ2n) is 7.65. The van der Waals surface area contributed by atoms with E-state index < -0.39 is 0 Å². The molecule has 2 aromatic heterocycles. The number of benzene rings is 1. The Morgan fingerprint density at radius 2 is 2.00 bits per heavy atom. The Balaban J connectivity index is 1.08. The lowest BCUT2D eigenvalue weighted by Crippen LogP contribution is -2.35. The van der Waals surface area contributed by atoms with Crippen LogP contribution in [0, 0.1) is 0 Å². The zero-order valence-corrected chi connectivity index (χ0v) is 17.0. The summed E-state index contributed by atoms with van der Waals surface area (Å²) in [5.41, 5.74) is 1.43. The maximum atomic E-state index is 12.3. The third-order valence-corrected chi connectivity index (χ3v) is 5.58. The van der Waals surface area contributed by atoms with E-state index in [1.165, 1.54) is 0 Å². The molecule has 2 aliphatic heterocycles. The molecule has 0 radical (unpaired) electrons. The van der Waals surface area contributed by atoms with Crippen molar-refractivity contribution in [2.45, 2.75) is 25.2 Å². The molecule has 1 aromatic carbocycles. The van der Waals surface area contributed by atoms with Crippen LogP contribution in [0.25, 0.3) is 11.5 Å².